The smallest absolute Gasteiger partial charge is 0.300 e. The Morgan fingerprint density at radius 3 is 1.27 bits per heavy atom. The Morgan fingerprint density at radius 1 is 1.00 bits per heavy atom. The summed E-state index contributed by atoms with van der Waals surface area (Å²) in [6.45, 7) is 2.17. The molecule has 2 unspecified atom stereocenters. The molecule has 1 aliphatic rings. The van der Waals surface area contributed by atoms with Gasteiger partial charge in [0.15, 0.2) is 0 Å². The highest BCUT2D eigenvalue weighted by Gasteiger charge is 2.11. The maximum absolute atomic E-state index is 9.00. The van der Waals surface area contributed by atoms with Gasteiger partial charge in [-0.1, -0.05) is 12.2 Å². The average molecular weight is 220 g/mol. The minimum atomic E-state index is -0.833. The lowest BCUT2D eigenvalue weighted by Crippen LogP contribution is -2.04. The first kappa shape index (κ1) is 16.0. The van der Waals surface area contributed by atoms with E-state index < -0.39 is 24.1 Å². The standard InChI is InChI=1S/C5H8O2.2C2H4O2/c6-4-1-2-5(7)3-4;2*1-2(3)4/h1-2,4-7H,3H2;2*1H3,(H,3,4). The maximum Gasteiger partial charge on any atom is 0.300 e. The van der Waals surface area contributed by atoms with Crippen molar-refractivity contribution in [3.05, 3.63) is 12.2 Å². The molecule has 0 spiro atoms. The number of hydrogen-bond acceptors (Lipinski definition) is 4. The van der Waals surface area contributed by atoms with E-state index in [2.05, 4.69) is 0 Å². The van der Waals surface area contributed by atoms with Gasteiger partial charge in [-0.15, -0.1) is 0 Å². The van der Waals surface area contributed by atoms with Crippen LogP contribution >= 0.6 is 0 Å². The molecule has 0 fully saturated rings. The van der Waals surface area contributed by atoms with Crippen LogP contribution < -0.4 is 0 Å². The summed E-state index contributed by atoms with van der Waals surface area (Å²) in [6.07, 6.45) is 2.86. The summed E-state index contributed by atoms with van der Waals surface area (Å²) in [4.78, 5) is 18.0. The maximum atomic E-state index is 9.00. The van der Waals surface area contributed by atoms with Crippen molar-refractivity contribution >= 4 is 11.9 Å². The Morgan fingerprint density at radius 2 is 1.20 bits per heavy atom. The molecule has 15 heavy (non-hydrogen) atoms. The van der Waals surface area contributed by atoms with Gasteiger partial charge in [0.25, 0.3) is 11.9 Å². The number of aliphatic hydroxyl groups is 2. The Labute approximate surface area is 87.5 Å². The number of aliphatic hydroxyl groups excluding tert-OH is 2. The van der Waals surface area contributed by atoms with Gasteiger partial charge in [0.2, 0.25) is 0 Å². The molecule has 0 aromatic heterocycles. The van der Waals surface area contributed by atoms with Gasteiger partial charge in [-0.25, -0.2) is 0 Å². The molecule has 1 aliphatic carbocycles. The summed E-state index contributed by atoms with van der Waals surface area (Å²) in [7, 11) is 0. The second kappa shape index (κ2) is 9.17. The van der Waals surface area contributed by atoms with Crippen LogP contribution in [-0.2, 0) is 9.59 Å². The Balaban J connectivity index is 0. The Hall–Kier alpha value is -1.40. The normalized spacial score (nSPS) is 21.9. The van der Waals surface area contributed by atoms with Crippen LogP contribution in [0.15, 0.2) is 12.2 Å². The van der Waals surface area contributed by atoms with E-state index in [1.165, 1.54) is 0 Å². The number of carbonyl (C=O) groups is 2. The van der Waals surface area contributed by atoms with E-state index in [9.17, 15) is 0 Å². The lowest BCUT2D eigenvalue weighted by atomic mass is 10.3. The summed E-state index contributed by atoms with van der Waals surface area (Å²) >= 11 is 0. The van der Waals surface area contributed by atoms with E-state index in [4.69, 9.17) is 30.0 Å². The van der Waals surface area contributed by atoms with E-state index in [1.54, 1.807) is 12.2 Å². The lowest BCUT2D eigenvalue weighted by Gasteiger charge is -1.96. The van der Waals surface area contributed by atoms with Crippen LogP contribution in [-0.4, -0.2) is 44.6 Å². The summed E-state index contributed by atoms with van der Waals surface area (Å²) in [5.41, 5.74) is 0. The molecule has 0 saturated heterocycles. The van der Waals surface area contributed by atoms with Gasteiger partial charge < -0.3 is 20.4 Å². The fourth-order valence-electron chi connectivity index (χ4n) is 0.661. The third-order valence-electron chi connectivity index (χ3n) is 1.04. The van der Waals surface area contributed by atoms with Crippen molar-refractivity contribution in [2.24, 2.45) is 0 Å². The summed E-state index contributed by atoms with van der Waals surface area (Å²) in [5, 5.41) is 32.1. The number of aliphatic carboxylic acids is 2. The molecule has 0 aliphatic heterocycles. The first-order chi connectivity index (χ1) is 6.75. The van der Waals surface area contributed by atoms with Gasteiger partial charge in [0.05, 0.1) is 12.2 Å². The predicted octanol–water partition coefficient (Wildman–Crippen LogP) is -0.150. The van der Waals surface area contributed by atoms with Crippen molar-refractivity contribution in [3.8, 4) is 0 Å². The molecular weight excluding hydrogens is 204 g/mol. The van der Waals surface area contributed by atoms with Crippen LogP contribution in [0.4, 0.5) is 0 Å². The molecule has 0 amide bonds. The Kier molecular flexibility index (Phi) is 9.81. The third-order valence-corrected chi connectivity index (χ3v) is 1.04. The number of rotatable bonds is 0. The van der Waals surface area contributed by atoms with Crippen molar-refractivity contribution in [3.63, 3.8) is 0 Å². The zero-order valence-electron chi connectivity index (χ0n) is 8.62. The first-order valence-electron chi connectivity index (χ1n) is 4.19. The molecule has 88 valence electrons. The molecule has 0 bridgehead atoms. The van der Waals surface area contributed by atoms with Crippen LogP contribution in [0.25, 0.3) is 0 Å². The highest BCUT2D eigenvalue weighted by molar-refractivity contribution is 5.63. The van der Waals surface area contributed by atoms with E-state index in [1.807, 2.05) is 0 Å². The van der Waals surface area contributed by atoms with Gasteiger partial charge >= 0.3 is 0 Å². The first-order valence-corrected chi connectivity index (χ1v) is 4.19. The molecule has 0 saturated carbocycles. The van der Waals surface area contributed by atoms with Crippen molar-refractivity contribution in [2.75, 3.05) is 0 Å². The zero-order valence-corrected chi connectivity index (χ0v) is 8.62. The van der Waals surface area contributed by atoms with E-state index >= 15 is 0 Å². The summed E-state index contributed by atoms with van der Waals surface area (Å²) < 4.78 is 0. The minimum Gasteiger partial charge on any atom is -0.481 e. The molecule has 0 aromatic carbocycles. The van der Waals surface area contributed by atoms with Gasteiger partial charge in [-0.2, -0.15) is 0 Å². The largest absolute Gasteiger partial charge is 0.481 e. The minimum absolute atomic E-state index is 0.407. The van der Waals surface area contributed by atoms with Crippen molar-refractivity contribution in [2.45, 2.75) is 32.5 Å². The van der Waals surface area contributed by atoms with E-state index in [0.29, 0.717) is 6.42 Å². The van der Waals surface area contributed by atoms with Gasteiger partial charge in [-0.3, -0.25) is 9.59 Å². The molecule has 6 heteroatoms. The predicted molar refractivity (Wildman–Crippen MR) is 52.4 cm³/mol. The molecule has 0 heterocycles. The van der Waals surface area contributed by atoms with Gasteiger partial charge in [0.1, 0.15) is 0 Å². The van der Waals surface area contributed by atoms with E-state index in [0.717, 1.165) is 13.8 Å². The monoisotopic (exact) mass is 220 g/mol. The highest BCUT2D eigenvalue weighted by atomic mass is 16.4. The fraction of sp³-hybridized carbons (Fsp3) is 0.556. The SMILES string of the molecule is CC(=O)O.CC(=O)O.OC1C=CC(O)C1. The number of carboxylic acids is 2. The second-order valence-electron chi connectivity index (χ2n) is 2.79. The molecule has 2 atom stereocenters. The fourth-order valence-corrected chi connectivity index (χ4v) is 0.661. The number of carboxylic acid groups (broad SMARTS) is 2. The summed E-state index contributed by atoms with van der Waals surface area (Å²) in [5.74, 6) is -1.67. The second-order valence-corrected chi connectivity index (χ2v) is 2.79. The third kappa shape index (κ3) is 24.5. The van der Waals surface area contributed by atoms with Crippen molar-refractivity contribution in [1.29, 1.82) is 0 Å². The van der Waals surface area contributed by atoms with Crippen molar-refractivity contribution in [1.82, 2.24) is 0 Å². The average Bonchev–Trinajstić information content (AvgIpc) is 2.31. The van der Waals surface area contributed by atoms with E-state index in [-0.39, 0.29) is 0 Å². The lowest BCUT2D eigenvalue weighted by molar-refractivity contribution is -0.135. The molecule has 0 aromatic rings. The molecule has 1 rings (SSSR count). The summed E-state index contributed by atoms with van der Waals surface area (Å²) in [6, 6.07) is 0. The van der Waals surface area contributed by atoms with Crippen LogP contribution in [0.5, 0.6) is 0 Å². The quantitative estimate of drug-likeness (QED) is 0.422. The van der Waals surface area contributed by atoms with Gasteiger partial charge in [0, 0.05) is 20.3 Å². The van der Waals surface area contributed by atoms with Gasteiger partial charge in [-0.05, 0) is 0 Å². The van der Waals surface area contributed by atoms with Crippen LogP contribution in [0, 0.1) is 0 Å². The zero-order chi connectivity index (χ0) is 12.4. The molecular formula is C9H16O6. The van der Waals surface area contributed by atoms with Crippen LogP contribution in [0.1, 0.15) is 20.3 Å². The molecule has 6 nitrogen and oxygen atoms in total. The topological polar surface area (TPSA) is 115 Å². The molecule has 0 radical (unpaired) electrons. The van der Waals surface area contributed by atoms with Crippen LogP contribution in [0.2, 0.25) is 0 Å². The molecule has 4 N–H and O–H groups in total. The Bertz CT molecular complexity index is 193. The van der Waals surface area contributed by atoms with Crippen LogP contribution in [0.3, 0.4) is 0 Å². The highest BCUT2D eigenvalue weighted by Crippen LogP contribution is 2.08. The number of hydrogen-bond donors (Lipinski definition) is 4. The van der Waals surface area contributed by atoms with Crippen molar-refractivity contribution < 1.29 is 30.0 Å².